The topological polar surface area (TPSA) is 72.0 Å². The maximum atomic E-state index is 12.2. The number of rotatable bonds is 3. The molecule has 0 fully saturated rings. The van der Waals surface area contributed by atoms with Crippen LogP contribution in [-0.2, 0) is 22.9 Å². The second-order valence-corrected chi connectivity index (χ2v) is 6.47. The van der Waals surface area contributed by atoms with Crippen LogP contribution in [0.5, 0.6) is 0 Å². The highest BCUT2D eigenvalue weighted by Crippen LogP contribution is 2.20. The molecule has 6 heteroatoms. The van der Waals surface area contributed by atoms with Gasteiger partial charge in [-0.1, -0.05) is 18.2 Å². The number of nitrogens with zero attached hydrogens (tertiary/aromatic N) is 2. The normalized spacial score (nSPS) is 14.6. The zero-order valence-corrected chi connectivity index (χ0v) is 11.7. The number of nitrogens with one attached hydrogen (secondary N) is 1. The van der Waals surface area contributed by atoms with Crippen LogP contribution in [0.15, 0.2) is 41.4 Å². The van der Waals surface area contributed by atoms with E-state index in [4.69, 9.17) is 0 Å². The fraction of sp³-hybridized carbons (Fsp3) is 0.286. The van der Waals surface area contributed by atoms with Gasteiger partial charge in [0.1, 0.15) is 0 Å². The molecule has 1 aromatic carbocycles. The molecule has 0 spiro atoms. The first-order valence-electron chi connectivity index (χ1n) is 6.58. The van der Waals surface area contributed by atoms with E-state index < -0.39 is 10.0 Å². The van der Waals surface area contributed by atoms with Crippen molar-refractivity contribution in [2.24, 2.45) is 0 Å². The molecule has 104 valence electrons. The average molecular weight is 289 g/mol. The number of hydrogen-bond acceptors (Lipinski definition) is 4. The summed E-state index contributed by atoms with van der Waals surface area (Å²) in [5.41, 5.74) is 2.08. The molecule has 1 aliphatic carbocycles. The zero-order chi connectivity index (χ0) is 14.0. The second-order valence-electron chi connectivity index (χ2n) is 4.79. The molecule has 1 N–H and O–H groups in total. The Balaban J connectivity index is 1.88. The van der Waals surface area contributed by atoms with Crippen LogP contribution in [0, 0.1) is 0 Å². The van der Waals surface area contributed by atoms with E-state index in [9.17, 15) is 8.42 Å². The lowest BCUT2D eigenvalue weighted by Gasteiger charge is -2.15. The summed E-state index contributed by atoms with van der Waals surface area (Å²) in [6.45, 7) is 0. The Morgan fingerprint density at radius 3 is 2.60 bits per heavy atom. The lowest BCUT2D eigenvalue weighted by atomic mass is 9.98. The number of benzene rings is 1. The minimum absolute atomic E-state index is 0.148. The summed E-state index contributed by atoms with van der Waals surface area (Å²) in [4.78, 5) is 8.63. The highest BCUT2D eigenvalue weighted by Gasteiger charge is 2.17. The van der Waals surface area contributed by atoms with Gasteiger partial charge in [-0.2, -0.15) is 0 Å². The first-order chi connectivity index (χ1) is 9.65. The molecule has 0 saturated carbocycles. The van der Waals surface area contributed by atoms with Gasteiger partial charge >= 0.3 is 0 Å². The van der Waals surface area contributed by atoms with Gasteiger partial charge in [0.25, 0.3) is 10.0 Å². The number of anilines is 1. The fourth-order valence-electron chi connectivity index (χ4n) is 2.30. The smallest absolute Gasteiger partial charge is 0.247 e. The van der Waals surface area contributed by atoms with Crippen molar-refractivity contribution in [2.75, 3.05) is 4.72 Å². The Kier molecular flexibility index (Phi) is 3.40. The van der Waals surface area contributed by atoms with Crippen LogP contribution in [0.2, 0.25) is 0 Å². The summed E-state index contributed by atoms with van der Waals surface area (Å²) < 4.78 is 26.8. The fourth-order valence-corrected chi connectivity index (χ4v) is 3.28. The SMILES string of the molecule is O=S(=O)(Nc1ncc2c(n1)CCCC2)c1ccccc1. The van der Waals surface area contributed by atoms with Crippen molar-refractivity contribution in [3.05, 3.63) is 47.8 Å². The van der Waals surface area contributed by atoms with Crippen LogP contribution < -0.4 is 4.72 Å². The molecule has 0 atom stereocenters. The van der Waals surface area contributed by atoms with Crippen LogP contribution in [0.1, 0.15) is 24.1 Å². The van der Waals surface area contributed by atoms with Crippen molar-refractivity contribution in [3.63, 3.8) is 0 Å². The molecule has 1 aromatic heterocycles. The molecule has 1 aliphatic rings. The number of aromatic nitrogens is 2. The van der Waals surface area contributed by atoms with E-state index in [1.807, 2.05) is 0 Å². The summed E-state index contributed by atoms with van der Waals surface area (Å²) >= 11 is 0. The van der Waals surface area contributed by atoms with Crippen molar-refractivity contribution in [1.82, 2.24) is 9.97 Å². The maximum absolute atomic E-state index is 12.2. The summed E-state index contributed by atoms with van der Waals surface area (Å²) in [6, 6.07) is 8.22. The number of sulfonamides is 1. The van der Waals surface area contributed by atoms with E-state index >= 15 is 0 Å². The van der Waals surface area contributed by atoms with E-state index in [1.165, 1.54) is 0 Å². The summed E-state index contributed by atoms with van der Waals surface area (Å²) in [5, 5.41) is 0. The quantitative estimate of drug-likeness (QED) is 0.939. The van der Waals surface area contributed by atoms with E-state index in [0.29, 0.717) is 0 Å². The Hall–Kier alpha value is -1.95. The minimum atomic E-state index is -3.61. The summed E-state index contributed by atoms with van der Waals surface area (Å²) in [7, 11) is -3.61. The number of hydrogen-bond donors (Lipinski definition) is 1. The Bertz CT molecular complexity index is 714. The summed E-state index contributed by atoms with van der Waals surface area (Å²) in [5.74, 6) is 0.148. The third kappa shape index (κ3) is 2.65. The zero-order valence-electron chi connectivity index (χ0n) is 10.9. The first kappa shape index (κ1) is 13.1. The molecule has 3 rings (SSSR count). The third-order valence-electron chi connectivity index (χ3n) is 3.34. The molecule has 0 aliphatic heterocycles. The van der Waals surface area contributed by atoms with Gasteiger partial charge in [0.2, 0.25) is 5.95 Å². The third-order valence-corrected chi connectivity index (χ3v) is 4.69. The van der Waals surface area contributed by atoms with Gasteiger partial charge in [-0.15, -0.1) is 0 Å². The second kappa shape index (κ2) is 5.20. The molecule has 0 radical (unpaired) electrons. The molecule has 0 amide bonds. The predicted molar refractivity (Wildman–Crippen MR) is 75.9 cm³/mol. The Labute approximate surface area is 118 Å². The lowest BCUT2D eigenvalue weighted by Crippen LogP contribution is -2.17. The number of aryl methyl sites for hydroxylation is 2. The van der Waals surface area contributed by atoms with E-state index in [-0.39, 0.29) is 10.8 Å². The molecular formula is C14H15N3O2S. The highest BCUT2D eigenvalue weighted by atomic mass is 32.2. The van der Waals surface area contributed by atoms with Crippen LogP contribution in [0.3, 0.4) is 0 Å². The molecule has 20 heavy (non-hydrogen) atoms. The highest BCUT2D eigenvalue weighted by molar-refractivity contribution is 7.92. The molecule has 1 heterocycles. The largest absolute Gasteiger partial charge is 0.264 e. The van der Waals surface area contributed by atoms with Crippen molar-refractivity contribution < 1.29 is 8.42 Å². The van der Waals surface area contributed by atoms with E-state index in [1.54, 1.807) is 36.5 Å². The monoisotopic (exact) mass is 289 g/mol. The maximum Gasteiger partial charge on any atom is 0.264 e. The predicted octanol–water partition coefficient (Wildman–Crippen LogP) is 2.16. The lowest BCUT2D eigenvalue weighted by molar-refractivity contribution is 0.600. The minimum Gasteiger partial charge on any atom is -0.247 e. The average Bonchev–Trinajstić information content (AvgIpc) is 2.48. The van der Waals surface area contributed by atoms with Gasteiger partial charge in [-0.05, 0) is 43.4 Å². The van der Waals surface area contributed by atoms with Gasteiger partial charge in [-0.3, -0.25) is 0 Å². The van der Waals surface area contributed by atoms with Gasteiger partial charge in [0, 0.05) is 11.9 Å². The Morgan fingerprint density at radius 2 is 1.80 bits per heavy atom. The number of fused-ring (bicyclic) bond motifs is 1. The molecule has 2 aromatic rings. The van der Waals surface area contributed by atoms with Crippen molar-refractivity contribution in [3.8, 4) is 0 Å². The van der Waals surface area contributed by atoms with Gasteiger partial charge in [0.05, 0.1) is 4.90 Å². The summed E-state index contributed by atoms with van der Waals surface area (Å²) in [6.07, 6.45) is 5.82. The van der Waals surface area contributed by atoms with Crippen molar-refractivity contribution >= 4 is 16.0 Å². The standard InChI is InChI=1S/C14H15N3O2S/c18-20(19,12-7-2-1-3-8-12)17-14-15-10-11-6-4-5-9-13(11)16-14/h1-3,7-8,10H,4-6,9H2,(H,15,16,17). The van der Waals surface area contributed by atoms with Crippen LogP contribution >= 0.6 is 0 Å². The van der Waals surface area contributed by atoms with Crippen molar-refractivity contribution in [2.45, 2.75) is 30.6 Å². The molecule has 5 nitrogen and oxygen atoms in total. The van der Waals surface area contributed by atoms with E-state index in [0.717, 1.165) is 36.9 Å². The molecule has 0 bridgehead atoms. The van der Waals surface area contributed by atoms with Crippen molar-refractivity contribution in [1.29, 1.82) is 0 Å². The van der Waals surface area contributed by atoms with Crippen LogP contribution in [0.25, 0.3) is 0 Å². The van der Waals surface area contributed by atoms with Gasteiger partial charge in [0.15, 0.2) is 0 Å². The van der Waals surface area contributed by atoms with Crippen LogP contribution in [-0.4, -0.2) is 18.4 Å². The van der Waals surface area contributed by atoms with Gasteiger partial charge in [-0.25, -0.2) is 23.1 Å². The molecular weight excluding hydrogens is 274 g/mol. The molecule has 0 saturated heterocycles. The van der Waals surface area contributed by atoms with E-state index in [2.05, 4.69) is 14.7 Å². The first-order valence-corrected chi connectivity index (χ1v) is 8.06. The van der Waals surface area contributed by atoms with Crippen LogP contribution in [0.4, 0.5) is 5.95 Å². The van der Waals surface area contributed by atoms with Gasteiger partial charge < -0.3 is 0 Å². The molecule has 0 unspecified atom stereocenters. The Morgan fingerprint density at radius 1 is 1.05 bits per heavy atom.